The Hall–Kier alpha value is -2.32. The summed E-state index contributed by atoms with van der Waals surface area (Å²) in [6, 6.07) is 0.154. The number of nitrogens with zero attached hydrogens (tertiary/aromatic N) is 1. The van der Waals surface area contributed by atoms with Gasteiger partial charge in [-0.15, -0.1) is 0 Å². The van der Waals surface area contributed by atoms with Crippen LogP contribution in [-0.2, 0) is 20.7 Å². The number of amides is 1. The van der Waals surface area contributed by atoms with E-state index in [1.807, 2.05) is 33.8 Å². The van der Waals surface area contributed by atoms with E-state index in [4.69, 9.17) is 9.47 Å². The quantitative estimate of drug-likeness (QED) is 0.633. The molecule has 164 valence electrons. The Balaban J connectivity index is 1.76. The van der Waals surface area contributed by atoms with E-state index in [9.17, 15) is 19.8 Å². The number of phenolic OH excluding ortho intramolecular Hbond substituents is 1. The Labute approximate surface area is 176 Å². The van der Waals surface area contributed by atoms with Crippen molar-refractivity contribution < 1.29 is 29.3 Å². The van der Waals surface area contributed by atoms with Crippen LogP contribution in [0.15, 0.2) is 6.07 Å². The standard InChI is InChI=1S/C22H30N2O6/c1-10-6-11-7-14-17-12(21(28)30-22(2,3)4)8-13(23-17)20(27)24(14)15(9-25)16(11)18(26)19(10)29-5/h6,12-15,17,23,25-26H,7-9H2,1-5H3/t12-,13+,14+,15+,17+/m1/s1. The normalized spacial score (nSPS) is 30.0. The van der Waals surface area contributed by atoms with Crippen molar-refractivity contribution in [1.29, 1.82) is 0 Å². The zero-order valence-corrected chi connectivity index (χ0v) is 18.1. The van der Waals surface area contributed by atoms with E-state index in [0.717, 1.165) is 11.1 Å². The number of ether oxygens (including phenoxy) is 2. The van der Waals surface area contributed by atoms with E-state index < -0.39 is 23.6 Å². The van der Waals surface area contributed by atoms with Gasteiger partial charge in [0.2, 0.25) is 5.91 Å². The van der Waals surface area contributed by atoms with Crippen molar-refractivity contribution in [3.05, 3.63) is 22.8 Å². The number of nitrogens with one attached hydrogen (secondary N) is 1. The smallest absolute Gasteiger partial charge is 0.311 e. The van der Waals surface area contributed by atoms with Gasteiger partial charge in [0.05, 0.1) is 37.8 Å². The lowest BCUT2D eigenvalue weighted by molar-refractivity contribution is -0.161. The van der Waals surface area contributed by atoms with Crippen LogP contribution in [0.4, 0.5) is 0 Å². The second kappa shape index (κ2) is 7.13. The van der Waals surface area contributed by atoms with Gasteiger partial charge in [0.1, 0.15) is 5.60 Å². The summed E-state index contributed by atoms with van der Waals surface area (Å²) < 4.78 is 11.0. The van der Waals surface area contributed by atoms with Gasteiger partial charge in [-0.1, -0.05) is 6.07 Å². The number of benzene rings is 1. The molecular formula is C22H30N2O6. The molecule has 5 atom stereocenters. The summed E-state index contributed by atoms with van der Waals surface area (Å²) >= 11 is 0. The number of fused-ring (bicyclic) bond motifs is 5. The Bertz CT molecular complexity index is 893. The monoisotopic (exact) mass is 418 g/mol. The molecule has 4 rings (SSSR count). The second-order valence-corrected chi connectivity index (χ2v) is 9.48. The molecule has 2 saturated heterocycles. The molecule has 0 radical (unpaired) electrons. The van der Waals surface area contributed by atoms with Crippen LogP contribution in [0.5, 0.6) is 11.5 Å². The number of hydrogen-bond acceptors (Lipinski definition) is 7. The number of aliphatic hydroxyl groups excluding tert-OH is 1. The maximum atomic E-state index is 13.3. The minimum atomic E-state index is -0.690. The SMILES string of the molecule is COc1c(C)cc2c(c1O)[C@H](CO)N1C(=O)[C@@H]3C[C@@H](C(=O)OC(C)(C)C)[C@H](N3)[C@@H]1C2. The predicted molar refractivity (Wildman–Crippen MR) is 108 cm³/mol. The highest BCUT2D eigenvalue weighted by Gasteiger charge is 2.57. The number of hydrogen-bond donors (Lipinski definition) is 3. The number of rotatable bonds is 3. The summed E-state index contributed by atoms with van der Waals surface area (Å²) in [5.74, 6) is -0.597. The van der Waals surface area contributed by atoms with Crippen molar-refractivity contribution in [2.24, 2.45) is 5.92 Å². The third-order valence-electron chi connectivity index (χ3n) is 6.39. The van der Waals surface area contributed by atoms with Gasteiger partial charge < -0.3 is 29.9 Å². The van der Waals surface area contributed by atoms with Crippen LogP contribution in [0.3, 0.4) is 0 Å². The fraction of sp³-hybridized carbons (Fsp3) is 0.636. The topological polar surface area (TPSA) is 108 Å². The lowest BCUT2D eigenvalue weighted by Gasteiger charge is -2.49. The number of carbonyl (C=O) groups is 2. The Morgan fingerprint density at radius 3 is 2.67 bits per heavy atom. The Morgan fingerprint density at radius 2 is 2.07 bits per heavy atom. The maximum Gasteiger partial charge on any atom is 0.311 e. The second-order valence-electron chi connectivity index (χ2n) is 9.48. The van der Waals surface area contributed by atoms with Gasteiger partial charge in [-0.05, 0) is 51.7 Å². The first-order valence-electron chi connectivity index (χ1n) is 10.4. The number of aromatic hydroxyl groups is 1. The van der Waals surface area contributed by atoms with Crippen LogP contribution in [0.2, 0.25) is 0 Å². The van der Waals surface area contributed by atoms with Crippen molar-refractivity contribution >= 4 is 11.9 Å². The van der Waals surface area contributed by atoms with Crippen LogP contribution in [0, 0.1) is 12.8 Å². The van der Waals surface area contributed by atoms with Gasteiger partial charge in [-0.25, -0.2) is 0 Å². The summed E-state index contributed by atoms with van der Waals surface area (Å²) in [6.45, 7) is 7.00. The van der Waals surface area contributed by atoms with Gasteiger partial charge in [-0.3, -0.25) is 9.59 Å². The van der Waals surface area contributed by atoms with Gasteiger partial charge in [0.15, 0.2) is 11.5 Å². The zero-order chi connectivity index (χ0) is 22.0. The number of aliphatic hydroxyl groups is 1. The molecule has 1 amide bonds. The number of aryl methyl sites for hydroxylation is 1. The zero-order valence-electron chi connectivity index (χ0n) is 18.1. The fourth-order valence-corrected chi connectivity index (χ4v) is 5.32. The van der Waals surface area contributed by atoms with Crippen LogP contribution in [0.1, 0.15) is 49.9 Å². The largest absolute Gasteiger partial charge is 0.504 e. The van der Waals surface area contributed by atoms with Crippen LogP contribution >= 0.6 is 0 Å². The molecule has 3 aliphatic heterocycles. The molecule has 2 bridgehead atoms. The van der Waals surface area contributed by atoms with Crippen LogP contribution in [0.25, 0.3) is 0 Å². The first-order valence-corrected chi connectivity index (χ1v) is 10.4. The first kappa shape index (κ1) is 20.9. The average molecular weight is 418 g/mol. The van der Waals surface area contributed by atoms with Gasteiger partial charge >= 0.3 is 5.97 Å². The molecule has 0 aliphatic carbocycles. The molecule has 0 aromatic heterocycles. The molecule has 2 fully saturated rings. The van der Waals surface area contributed by atoms with E-state index in [1.165, 1.54) is 7.11 Å². The Kier molecular flexibility index (Phi) is 4.97. The number of methoxy groups -OCH3 is 1. The molecule has 1 aromatic rings. The molecule has 0 unspecified atom stereocenters. The van der Waals surface area contributed by atoms with Crippen LogP contribution in [-0.4, -0.2) is 64.4 Å². The average Bonchev–Trinajstić information content (AvgIpc) is 3.05. The molecule has 30 heavy (non-hydrogen) atoms. The summed E-state index contributed by atoms with van der Waals surface area (Å²) in [5, 5.41) is 24.4. The number of esters is 1. The van der Waals surface area contributed by atoms with E-state index in [0.29, 0.717) is 24.2 Å². The van der Waals surface area contributed by atoms with Crippen LogP contribution < -0.4 is 10.1 Å². The van der Waals surface area contributed by atoms with Crippen molar-refractivity contribution in [3.63, 3.8) is 0 Å². The van der Waals surface area contributed by atoms with Crippen molar-refractivity contribution in [3.8, 4) is 11.5 Å². The van der Waals surface area contributed by atoms with Gasteiger partial charge in [0, 0.05) is 11.6 Å². The molecule has 3 N–H and O–H groups in total. The van der Waals surface area contributed by atoms with Gasteiger partial charge in [-0.2, -0.15) is 0 Å². The summed E-state index contributed by atoms with van der Waals surface area (Å²) in [5.41, 5.74) is 1.56. The first-order chi connectivity index (χ1) is 14.1. The number of piperazine rings is 1. The van der Waals surface area contributed by atoms with E-state index in [1.54, 1.807) is 4.90 Å². The molecule has 0 spiro atoms. The molecule has 8 heteroatoms. The highest BCUT2D eigenvalue weighted by atomic mass is 16.6. The van der Waals surface area contributed by atoms with E-state index >= 15 is 0 Å². The van der Waals surface area contributed by atoms with Crippen molar-refractivity contribution in [1.82, 2.24) is 10.2 Å². The van der Waals surface area contributed by atoms with Crippen molar-refractivity contribution in [2.75, 3.05) is 13.7 Å². The minimum Gasteiger partial charge on any atom is -0.504 e. The molecule has 1 aromatic carbocycles. The lowest BCUT2D eigenvalue weighted by Crippen LogP contribution is -2.65. The molecule has 8 nitrogen and oxygen atoms in total. The van der Waals surface area contributed by atoms with Gasteiger partial charge in [0.25, 0.3) is 0 Å². The summed E-state index contributed by atoms with van der Waals surface area (Å²) in [4.78, 5) is 27.8. The molecule has 0 saturated carbocycles. The number of phenols is 1. The number of carbonyl (C=O) groups excluding carboxylic acids is 2. The fourth-order valence-electron chi connectivity index (χ4n) is 5.32. The van der Waals surface area contributed by atoms with E-state index in [2.05, 4.69) is 5.32 Å². The predicted octanol–water partition coefficient (Wildman–Crippen LogP) is 1.20. The minimum absolute atomic E-state index is 0.0348. The van der Waals surface area contributed by atoms with E-state index in [-0.39, 0.29) is 36.3 Å². The molecule has 3 heterocycles. The third kappa shape index (κ3) is 3.13. The summed E-state index contributed by atoms with van der Waals surface area (Å²) in [7, 11) is 1.48. The van der Waals surface area contributed by atoms with Crippen molar-refractivity contribution in [2.45, 2.75) is 70.3 Å². The molecular weight excluding hydrogens is 388 g/mol. The lowest BCUT2D eigenvalue weighted by atomic mass is 9.81. The maximum absolute atomic E-state index is 13.3. The third-order valence-corrected chi connectivity index (χ3v) is 6.39. The highest BCUT2D eigenvalue weighted by molar-refractivity contribution is 5.88. The molecule has 3 aliphatic rings. The highest BCUT2D eigenvalue weighted by Crippen LogP contribution is 2.48. The summed E-state index contributed by atoms with van der Waals surface area (Å²) in [6.07, 6.45) is 0.841. The Morgan fingerprint density at radius 1 is 1.37 bits per heavy atom.